The number of esters is 1. The molecule has 1 saturated heterocycles. The molecule has 1 fully saturated rings. The van der Waals surface area contributed by atoms with Crippen LogP contribution in [0.15, 0.2) is 30.3 Å². The SMILES string of the molecule is CCOC(=O)CN1C(=O)C[C@@H](c2ccccc2)C1=O. The van der Waals surface area contributed by atoms with Crippen molar-refractivity contribution in [2.75, 3.05) is 13.2 Å². The molecule has 1 atom stereocenters. The number of nitrogens with zero attached hydrogens (tertiary/aromatic N) is 1. The Hall–Kier alpha value is -2.17. The van der Waals surface area contributed by atoms with Gasteiger partial charge in [0.05, 0.1) is 12.5 Å². The van der Waals surface area contributed by atoms with Gasteiger partial charge in [0.2, 0.25) is 11.8 Å². The number of rotatable bonds is 4. The smallest absolute Gasteiger partial charge is 0.326 e. The molecule has 1 aromatic rings. The number of imide groups is 1. The van der Waals surface area contributed by atoms with Gasteiger partial charge in [0.1, 0.15) is 6.54 Å². The van der Waals surface area contributed by atoms with E-state index in [0.717, 1.165) is 10.5 Å². The molecule has 2 rings (SSSR count). The zero-order valence-electron chi connectivity index (χ0n) is 10.7. The lowest BCUT2D eigenvalue weighted by atomic mass is 9.98. The molecule has 5 heteroatoms. The summed E-state index contributed by atoms with van der Waals surface area (Å²) in [6, 6.07) is 9.11. The zero-order valence-corrected chi connectivity index (χ0v) is 10.7. The summed E-state index contributed by atoms with van der Waals surface area (Å²) in [5.74, 6) is -1.70. The summed E-state index contributed by atoms with van der Waals surface area (Å²) in [6.07, 6.45) is 0.113. The third-order valence-corrected chi connectivity index (χ3v) is 3.04. The lowest BCUT2D eigenvalue weighted by molar-refractivity contribution is -0.152. The lowest BCUT2D eigenvalue weighted by Gasteiger charge is -2.13. The number of amides is 2. The van der Waals surface area contributed by atoms with Crippen molar-refractivity contribution in [3.63, 3.8) is 0 Å². The minimum Gasteiger partial charge on any atom is -0.465 e. The first-order chi connectivity index (χ1) is 9.13. The molecular weight excluding hydrogens is 246 g/mol. The van der Waals surface area contributed by atoms with Gasteiger partial charge in [-0.25, -0.2) is 0 Å². The third-order valence-electron chi connectivity index (χ3n) is 3.04. The minimum absolute atomic E-state index is 0.113. The number of ether oxygens (including phenoxy) is 1. The van der Waals surface area contributed by atoms with Gasteiger partial charge >= 0.3 is 5.97 Å². The molecule has 1 aliphatic rings. The second-order valence-corrected chi connectivity index (χ2v) is 4.29. The van der Waals surface area contributed by atoms with Crippen LogP contribution in [0, 0.1) is 0 Å². The van der Waals surface area contributed by atoms with E-state index in [4.69, 9.17) is 4.74 Å². The van der Waals surface area contributed by atoms with E-state index in [2.05, 4.69) is 0 Å². The second kappa shape index (κ2) is 5.65. The third kappa shape index (κ3) is 2.81. The van der Waals surface area contributed by atoms with Crippen molar-refractivity contribution in [3.8, 4) is 0 Å². The van der Waals surface area contributed by atoms with Crippen molar-refractivity contribution < 1.29 is 19.1 Å². The Balaban J connectivity index is 2.11. The Labute approximate surface area is 111 Å². The summed E-state index contributed by atoms with van der Waals surface area (Å²) in [5.41, 5.74) is 0.798. The predicted molar refractivity (Wildman–Crippen MR) is 67.2 cm³/mol. The molecule has 5 nitrogen and oxygen atoms in total. The summed E-state index contributed by atoms with van der Waals surface area (Å²) in [6.45, 7) is 1.62. The van der Waals surface area contributed by atoms with Crippen molar-refractivity contribution in [2.45, 2.75) is 19.3 Å². The Morgan fingerprint density at radius 2 is 2.00 bits per heavy atom. The second-order valence-electron chi connectivity index (χ2n) is 4.29. The van der Waals surface area contributed by atoms with Gasteiger partial charge in [0.25, 0.3) is 0 Å². The van der Waals surface area contributed by atoms with Crippen LogP contribution < -0.4 is 0 Å². The van der Waals surface area contributed by atoms with Crippen LogP contribution in [0.25, 0.3) is 0 Å². The molecule has 1 heterocycles. The van der Waals surface area contributed by atoms with E-state index < -0.39 is 11.9 Å². The van der Waals surface area contributed by atoms with Gasteiger partial charge in [-0.1, -0.05) is 30.3 Å². The average Bonchev–Trinajstić information content (AvgIpc) is 2.68. The maximum absolute atomic E-state index is 12.2. The van der Waals surface area contributed by atoms with Crippen LogP contribution >= 0.6 is 0 Å². The van der Waals surface area contributed by atoms with Crippen molar-refractivity contribution in [2.24, 2.45) is 0 Å². The zero-order chi connectivity index (χ0) is 13.8. The van der Waals surface area contributed by atoms with Crippen LogP contribution in [0.4, 0.5) is 0 Å². The number of carbonyl (C=O) groups is 3. The molecule has 0 aliphatic carbocycles. The van der Waals surface area contributed by atoms with Gasteiger partial charge in [-0.2, -0.15) is 0 Å². The molecule has 0 unspecified atom stereocenters. The molecule has 19 heavy (non-hydrogen) atoms. The maximum Gasteiger partial charge on any atom is 0.326 e. The van der Waals surface area contributed by atoms with Crippen LogP contribution in [0.2, 0.25) is 0 Å². The normalized spacial score (nSPS) is 18.8. The van der Waals surface area contributed by atoms with Gasteiger partial charge in [0.15, 0.2) is 0 Å². The first-order valence-corrected chi connectivity index (χ1v) is 6.18. The fourth-order valence-corrected chi connectivity index (χ4v) is 2.13. The molecule has 0 aromatic heterocycles. The van der Waals surface area contributed by atoms with E-state index in [-0.39, 0.29) is 31.4 Å². The van der Waals surface area contributed by atoms with E-state index in [0.29, 0.717) is 0 Å². The average molecular weight is 261 g/mol. The topological polar surface area (TPSA) is 63.7 Å². The van der Waals surface area contributed by atoms with Crippen molar-refractivity contribution in [1.82, 2.24) is 4.90 Å². The van der Waals surface area contributed by atoms with Crippen molar-refractivity contribution >= 4 is 17.8 Å². The first kappa shape index (κ1) is 13.3. The molecule has 1 aliphatic heterocycles. The summed E-state index contributed by atoms with van der Waals surface area (Å²) in [7, 11) is 0. The molecule has 2 amide bonds. The van der Waals surface area contributed by atoms with Crippen molar-refractivity contribution in [3.05, 3.63) is 35.9 Å². The van der Waals surface area contributed by atoms with Crippen LogP contribution in [0.5, 0.6) is 0 Å². The Morgan fingerprint density at radius 1 is 1.32 bits per heavy atom. The van der Waals surface area contributed by atoms with Crippen molar-refractivity contribution in [1.29, 1.82) is 0 Å². The Morgan fingerprint density at radius 3 is 2.63 bits per heavy atom. The van der Waals surface area contributed by atoms with Crippen LogP contribution in [0.1, 0.15) is 24.8 Å². The highest BCUT2D eigenvalue weighted by molar-refractivity contribution is 6.07. The molecule has 0 N–H and O–H groups in total. The largest absolute Gasteiger partial charge is 0.465 e. The highest BCUT2D eigenvalue weighted by Crippen LogP contribution is 2.29. The van der Waals surface area contributed by atoms with Crippen LogP contribution in [0.3, 0.4) is 0 Å². The highest BCUT2D eigenvalue weighted by Gasteiger charge is 2.40. The van der Waals surface area contributed by atoms with E-state index in [1.54, 1.807) is 6.92 Å². The van der Waals surface area contributed by atoms with Gasteiger partial charge in [-0.3, -0.25) is 19.3 Å². The van der Waals surface area contributed by atoms with Gasteiger partial charge in [-0.15, -0.1) is 0 Å². The molecular formula is C14H15NO4. The maximum atomic E-state index is 12.2. The monoisotopic (exact) mass is 261 g/mol. The summed E-state index contributed by atoms with van der Waals surface area (Å²) >= 11 is 0. The molecule has 0 radical (unpaired) electrons. The van der Waals surface area contributed by atoms with Crippen LogP contribution in [-0.4, -0.2) is 35.8 Å². The Bertz CT molecular complexity index is 497. The molecule has 1 aromatic carbocycles. The van der Waals surface area contributed by atoms with E-state index >= 15 is 0 Å². The summed E-state index contributed by atoms with van der Waals surface area (Å²) in [5, 5.41) is 0. The van der Waals surface area contributed by atoms with Gasteiger partial charge in [0, 0.05) is 6.42 Å². The van der Waals surface area contributed by atoms with E-state index in [9.17, 15) is 14.4 Å². The number of carbonyl (C=O) groups excluding carboxylic acids is 3. The van der Waals surface area contributed by atoms with E-state index in [1.807, 2.05) is 30.3 Å². The van der Waals surface area contributed by atoms with Gasteiger partial charge in [-0.05, 0) is 12.5 Å². The fraction of sp³-hybridized carbons (Fsp3) is 0.357. The van der Waals surface area contributed by atoms with Crippen LogP contribution in [-0.2, 0) is 19.1 Å². The van der Waals surface area contributed by atoms with E-state index in [1.165, 1.54) is 0 Å². The first-order valence-electron chi connectivity index (χ1n) is 6.18. The number of hydrogen-bond donors (Lipinski definition) is 0. The standard InChI is InChI=1S/C14H15NO4/c1-2-19-13(17)9-15-12(16)8-11(14(15)18)10-6-4-3-5-7-10/h3-7,11H,2,8-9H2,1H3/t11-/m0/s1. The Kier molecular flexibility index (Phi) is 3.94. The number of hydrogen-bond acceptors (Lipinski definition) is 4. The predicted octanol–water partition coefficient (Wildman–Crippen LogP) is 1.09. The highest BCUT2D eigenvalue weighted by atomic mass is 16.5. The molecule has 100 valence electrons. The molecule has 0 bridgehead atoms. The fourth-order valence-electron chi connectivity index (χ4n) is 2.13. The number of benzene rings is 1. The molecule has 0 spiro atoms. The van der Waals surface area contributed by atoms with Gasteiger partial charge < -0.3 is 4.74 Å². The quantitative estimate of drug-likeness (QED) is 0.601. The molecule has 0 saturated carbocycles. The minimum atomic E-state index is -0.557. The summed E-state index contributed by atoms with van der Waals surface area (Å²) in [4.78, 5) is 36.3. The summed E-state index contributed by atoms with van der Waals surface area (Å²) < 4.78 is 4.76. The lowest BCUT2D eigenvalue weighted by Crippen LogP contribution is -2.36. The number of likely N-dealkylation sites (tertiary alicyclic amines) is 1.